The second-order valence-electron chi connectivity index (χ2n) is 6.37. The maximum Gasteiger partial charge on any atom is 0.240 e. The van der Waals surface area contributed by atoms with Gasteiger partial charge in [-0.15, -0.1) is 0 Å². The summed E-state index contributed by atoms with van der Waals surface area (Å²) < 4.78 is 0. The van der Waals surface area contributed by atoms with Crippen molar-refractivity contribution in [3.63, 3.8) is 0 Å². The van der Waals surface area contributed by atoms with Crippen molar-refractivity contribution in [1.82, 2.24) is 4.98 Å². The molecule has 1 unspecified atom stereocenters. The van der Waals surface area contributed by atoms with Crippen molar-refractivity contribution in [2.24, 2.45) is 0 Å². The summed E-state index contributed by atoms with van der Waals surface area (Å²) in [4.78, 5) is 19.2. The third-order valence-corrected chi connectivity index (χ3v) is 5.19. The highest BCUT2D eigenvalue weighted by atomic mass is 32.2. The van der Waals surface area contributed by atoms with Crippen LogP contribution in [0.25, 0.3) is 0 Å². The van der Waals surface area contributed by atoms with Gasteiger partial charge in [-0.3, -0.25) is 4.79 Å². The molecule has 0 radical (unpaired) electrons. The smallest absolute Gasteiger partial charge is 0.240 e. The van der Waals surface area contributed by atoms with E-state index in [-0.39, 0.29) is 12.3 Å². The normalized spacial score (nSPS) is 11.3. The molecule has 0 fully saturated rings. The number of aromatic nitrogens is 1. The average molecular weight is 379 g/mol. The molecule has 1 heterocycles. The van der Waals surface area contributed by atoms with Gasteiger partial charge in [0.2, 0.25) is 5.91 Å². The van der Waals surface area contributed by atoms with E-state index in [2.05, 4.69) is 17.1 Å². The Balaban J connectivity index is 2.29. The zero-order valence-corrected chi connectivity index (χ0v) is 16.8. The first-order valence-electron chi connectivity index (χ1n) is 8.67. The number of carbonyl (C=O) groups is 1. The second-order valence-corrected chi connectivity index (χ2v) is 7.70. The van der Waals surface area contributed by atoms with E-state index >= 15 is 0 Å². The van der Waals surface area contributed by atoms with Crippen LogP contribution in [0.2, 0.25) is 0 Å². The Labute approximate surface area is 164 Å². The summed E-state index contributed by atoms with van der Waals surface area (Å²) in [5.74, 6) is -0.107. The molecule has 0 N–H and O–H groups in total. The minimum absolute atomic E-state index is 0.107. The molecular weight excluding hydrogens is 356 g/mol. The summed E-state index contributed by atoms with van der Waals surface area (Å²) in [6.45, 7) is 7.86. The van der Waals surface area contributed by atoms with Crippen molar-refractivity contribution < 1.29 is 4.79 Å². The standard InChI is InChI=1S/C21H22N4OS/c1-14-6-8-18(9-7-14)25(11-5-10-22)21(26)17(4)27-20-19(13-23)15(2)12-16(3)24-20/h6-9,12,17H,5,11H2,1-4H3. The second kappa shape index (κ2) is 9.21. The van der Waals surface area contributed by atoms with Crippen LogP contribution in [0.15, 0.2) is 35.4 Å². The molecule has 6 heteroatoms. The molecule has 1 amide bonds. The SMILES string of the molecule is Cc1ccc(N(CCC#N)C(=O)C(C)Sc2nc(C)cc(C)c2C#N)cc1. The van der Waals surface area contributed by atoms with Gasteiger partial charge in [-0.1, -0.05) is 29.5 Å². The monoisotopic (exact) mass is 378 g/mol. The molecular formula is C21H22N4OS. The van der Waals surface area contributed by atoms with Crippen molar-refractivity contribution >= 4 is 23.4 Å². The van der Waals surface area contributed by atoms with E-state index in [0.29, 0.717) is 17.1 Å². The first kappa shape index (κ1) is 20.5. The minimum atomic E-state index is -0.439. The molecule has 0 saturated carbocycles. The van der Waals surface area contributed by atoms with Gasteiger partial charge in [-0.05, 0) is 51.5 Å². The predicted molar refractivity (Wildman–Crippen MR) is 108 cm³/mol. The number of nitriles is 2. The number of carbonyl (C=O) groups excluding carboxylic acids is 1. The fourth-order valence-electron chi connectivity index (χ4n) is 2.71. The summed E-state index contributed by atoms with van der Waals surface area (Å²) in [5.41, 5.74) is 4.04. The van der Waals surface area contributed by atoms with E-state index in [9.17, 15) is 10.1 Å². The zero-order chi connectivity index (χ0) is 20.0. The van der Waals surface area contributed by atoms with Crippen molar-refractivity contribution in [1.29, 1.82) is 10.5 Å². The van der Waals surface area contributed by atoms with Crippen LogP contribution in [-0.2, 0) is 4.79 Å². The molecule has 0 spiro atoms. The number of anilines is 1. The summed E-state index contributed by atoms with van der Waals surface area (Å²) in [6.07, 6.45) is 0.252. The highest BCUT2D eigenvalue weighted by Crippen LogP contribution is 2.29. The number of pyridine rings is 1. The molecule has 1 aromatic heterocycles. The number of hydrogen-bond donors (Lipinski definition) is 0. The van der Waals surface area contributed by atoms with Crippen molar-refractivity contribution in [3.05, 3.63) is 52.7 Å². The highest BCUT2D eigenvalue weighted by molar-refractivity contribution is 8.00. The first-order valence-corrected chi connectivity index (χ1v) is 9.55. The molecule has 2 rings (SSSR count). The maximum atomic E-state index is 13.1. The number of benzene rings is 1. The molecule has 138 valence electrons. The van der Waals surface area contributed by atoms with E-state index in [1.165, 1.54) is 11.8 Å². The van der Waals surface area contributed by atoms with E-state index in [1.807, 2.05) is 51.1 Å². The van der Waals surface area contributed by atoms with Gasteiger partial charge < -0.3 is 4.90 Å². The number of rotatable bonds is 6. The predicted octanol–water partition coefficient (Wildman–Crippen LogP) is 4.31. The Kier molecular flexibility index (Phi) is 6.98. The van der Waals surface area contributed by atoms with Crippen LogP contribution < -0.4 is 4.90 Å². The number of nitrogens with zero attached hydrogens (tertiary/aromatic N) is 4. The lowest BCUT2D eigenvalue weighted by molar-refractivity contribution is -0.117. The minimum Gasteiger partial charge on any atom is -0.310 e. The van der Waals surface area contributed by atoms with Gasteiger partial charge >= 0.3 is 0 Å². The fourth-order valence-corrected chi connectivity index (χ4v) is 3.80. The number of aryl methyl sites for hydroxylation is 3. The topological polar surface area (TPSA) is 80.8 Å². The maximum absolute atomic E-state index is 13.1. The Morgan fingerprint density at radius 2 is 1.89 bits per heavy atom. The summed E-state index contributed by atoms with van der Waals surface area (Å²) in [6, 6.07) is 13.8. The lowest BCUT2D eigenvalue weighted by atomic mass is 10.1. The Morgan fingerprint density at radius 1 is 1.22 bits per heavy atom. The van der Waals surface area contributed by atoms with Gasteiger partial charge in [-0.2, -0.15) is 10.5 Å². The lowest BCUT2D eigenvalue weighted by Gasteiger charge is -2.25. The Hall–Kier alpha value is -2.83. The average Bonchev–Trinajstić information content (AvgIpc) is 2.62. The van der Waals surface area contributed by atoms with Crippen molar-refractivity contribution in [3.8, 4) is 12.1 Å². The van der Waals surface area contributed by atoms with Crippen molar-refractivity contribution in [2.45, 2.75) is 44.4 Å². The van der Waals surface area contributed by atoms with Crippen LogP contribution in [0.3, 0.4) is 0 Å². The molecule has 1 aromatic carbocycles. The molecule has 0 aliphatic heterocycles. The van der Waals surface area contributed by atoms with E-state index in [0.717, 1.165) is 22.5 Å². The third kappa shape index (κ3) is 5.09. The van der Waals surface area contributed by atoms with Gasteiger partial charge in [-0.25, -0.2) is 4.98 Å². The van der Waals surface area contributed by atoms with Crippen molar-refractivity contribution in [2.75, 3.05) is 11.4 Å². The summed E-state index contributed by atoms with van der Waals surface area (Å²) in [7, 11) is 0. The van der Waals surface area contributed by atoms with Crippen LogP contribution in [0.5, 0.6) is 0 Å². The van der Waals surface area contributed by atoms with Gasteiger partial charge in [0.15, 0.2) is 0 Å². The van der Waals surface area contributed by atoms with Gasteiger partial charge in [0, 0.05) is 17.9 Å². The van der Waals surface area contributed by atoms with E-state index < -0.39 is 5.25 Å². The summed E-state index contributed by atoms with van der Waals surface area (Å²) in [5, 5.41) is 18.5. The largest absolute Gasteiger partial charge is 0.310 e. The third-order valence-electron chi connectivity index (χ3n) is 4.12. The Bertz CT molecular complexity index is 910. The van der Waals surface area contributed by atoms with Crippen LogP contribution in [-0.4, -0.2) is 22.7 Å². The first-order chi connectivity index (χ1) is 12.9. The zero-order valence-electron chi connectivity index (χ0n) is 16.0. The quantitative estimate of drug-likeness (QED) is 0.700. The van der Waals surface area contributed by atoms with Gasteiger partial charge in [0.25, 0.3) is 0 Å². The highest BCUT2D eigenvalue weighted by Gasteiger charge is 2.24. The molecule has 27 heavy (non-hydrogen) atoms. The van der Waals surface area contributed by atoms with Gasteiger partial charge in [0.05, 0.1) is 23.3 Å². The molecule has 2 aromatic rings. The summed E-state index contributed by atoms with van der Waals surface area (Å²) >= 11 is 1.28. The molecule has 0 bridgehead atoms. The molecule has 1 atom stereocenters. The van der Waals surface area contributed by atoms with Crippen LogP contribution in [0.1, 0.15) is 35.7 Å². The molecule has 0 aliphatic carbocycles. The number of hydrogen-bond acceptors (Lipinski definition) is 5. The van der Waals surface area contributed by atoms with Crippen LogP contribution in [0.4, 0.5) is 5.69 Å². The van der Waals surface area contributed by atoms with E-state index in [1.54, 1.807) is 11.8 Å². The molecule has 0 saturated heterocycles. The van der Waals surface area contributed by atoms with Gasteiger partial charge in [0.1, 0.15) is 11.1 Å². The van der Waals surface area contributed by atoms with E-state index in [4.69, 9.17) is 5.26 Å². The number of amides is 1. The number of thioether (sulfide) groups is 1. The Morgan fingerprint density at radius 3 is 2.48 bits per heavy atom. The lowest BCUT2D eigenvalue weighted by Crippen LogP contribution is -2.37. The van der Waals surface area contributed by atoms with Crippen LogP contribution >= 0.6 is 11.8 Å². The molecule has 0 aliphatic rings. The van der Waals surface area contributed by atoms with Crippen LogP contribution in [0, 0.1) is 43.4 Å². The fraction of sp³-hybridized carbons (Fsp3) is 0.333. The molecule has 5 nitrogen and oxygen atoms in total.